The number of rotatable bonds is 2. The number of hydrogen-bond acceptors (Lipinski definition) is 5. The Morgan fingerprint density at radius 1 is 1.23 bits per heavy atom. The molecule has 8 heteroatoms. The van der Waals surface area contributed by atoms with Crippen molar-refractivity contribution in [3.8, 4) is 0 Å². The van der Waals surface area contributed by atoms with Crippen LogP contribution in [0, 0.1) is 5.82 Å². The number of nitrogens with zero attached hydrogens (tertiary/aromatic N) is 4. The highest BCUT2D eigenvalue weighted by atomic mass is 19.1. The molecule has 3 aromatic rings. The maximum atomic E-state index is 13.9. The van der Waals surface area contributed by atoms with Crippen LogP contribution in [0.4, 0.5) is 10.1 Å². The van der Waals surface area contributed by atoms with E-state index in [2.05, 4.69) is 25.3 Å². The summed E-state index contributed by atoms with van der Waals surface area (Å²) in [5.41, 5.74) is 2.41. The zero-order chi connectivity index (χ0) is 17.7. The Hall–Kier alpha value is -3.55. The molecule has 1 aromatic heterocycles. The van der Waals surface area contributed by atoms with Crippen molar-refractivity contribution in [2.24, 2.45) is 9.98 Å². The Labute approximate surface area is 147 Å². The third kappa shape index (κ3) is 2.26. The molecular formula is C18H13FN6O. The standard InChI is InChI=1S/C18H13FN6O/c19-11-5-3-4-10-15(11)20-9-25-8-14(23-17(10)25)24-18(26)16-21-12-6-1-2-7-13(12)22-16/h1-7,9,14H,8H2,(H,21,22)(H,24,26). The van der Waals surface area contributed by atoms with Gasteiger partial charge in [-0.15, -0.1) is 0 Å². The summed E-state index contributed by atoms with van der Waals surface area (Å²) in [5.74, 6) is 0.100. The number of carbonyl (C=O) groups is 1. The van der Waals surface area contributed by atoms with Crippen molar-refractivity contribution in [2.75, 3.05) is 6.54 Å². The number of aliphatic imine (C=N–C) groups is 2. The van der Waals surface area contributed by atoms with Crippen molar-refractivity contribution in [1.29, 1.82) is 0 Å². The predicted molar refractivity (Wildman–Crippen MR) is 95.1 cm³/mol. The smallest absolute Gasteiger partial charge is 0.288 e. The number of carbonyl (C=O) groups excluding carboxylic acids is 1. The first kappa shape index (κ1) is 14.8. The molecule has 0 fully saturated rings. The van der Waals surface area contributed by atoms with Crippen molar-refractivity contribution in [1.82, 2.24) is 20.2 Å². The summed E-state index contributed by atoms with van der Waals surface area (Å²) in [5, 5.41) is 2.84. The van der Waals surface area contributed by atoms with E-state index in [1.807, 2.05) is 24.3 Å². The van der Waals surface area contributed by atoms with Crippen LogP contribution >= 0.6 is 0 Å². The summed E-state index contributed by atoms with van der Waals surface area (Å²) < 4.78 is 13.9. The zero-order valence-corrected chi connectivity index (χ0v) is 13.5. The average molecular weight is 348 g/mol. The lowest BCUT2D eigenvalue weighted by Gasteiger charge is -2.20. The number of aromatic nitrogens is 2. The third-order valence-corrected chi connectivity index (χ3v) is 4.38. The van der Waals surface area contributed by atoms with Crippen molar-refractivity contribution < 1.29 is 9.18 Å². The Balaban J connectivity index is 1.41. The number of aromatic amines is 1. The van der Waals surface area contributed by atoms with Crippen molar-refractivity contribution in [2.45, 2.75) is 6.17 Å². The summed E-state index contributed by atoms with van der Waals surface area (Å²) in [4.78, 5) is 30.2. The number of fused-ring (bicyclic) bond motifs is 4. The molecular weight excluding hydrogens is 335 g/mol. The summed E-state index contributed by atoms with van der Waals surface area (Å²) in [7, 11) is 0. The van der Waals surface area contributed by atoms with Gasteiger partial charge in [0.1, 0.15) is 23.5 Å². The quantitative estimate of drug-likeness (QED) is 0.744. The minimum atomic E-state index is -0.466. The number of amidine groups is 1. The number of imidazole rings is 1. The highest BCUT2D eigenvalue weighted by Gasteiger charge is 2.31. The van der Waals surface area contributed by atoms with E-state index in [0.717, 1.165) is 11.0 Å². The van der Waals surface area contributed by atoms with Gasteiger partial charge >= 0.3 is 0 Å². The second-order valence-electron chi connectivity index (χ2n) is 6.08. The third-order valence-electron chi connectivity index (χ3n) is 4.38. The molecule has 2 N–H and O–H groups in total. The molecule has 5 rings (SSSR count). The Morgan fingerprint density at radius 2 is 2.12 bits per heavy atom. The first-order chi connectivity index (χ1) is 12.7. The van der Waals surface area contributed by atoms with Crippen molar-refractivity contribution in [3.63, 3.8) is 0 Å². The van der Waals surface area contributed by atoms with Gasteiger partial charge in [-0.3, -0.25) is 4.79 Å². The summed E-state index contributed by atoms with van der Waals surface area (Å²) in [6, 6.07) is 12.2. The van der Waals surface area contributed by atoms with Crippen LogP contribution in [0.5, 0.6) is 0 Å². The Kier molecular flexibility index (Phi) is 3.11. The number of halogens is 1. The van der Waals surface area contributed by atoms with E-state index >= 15 is 0 Å². The number of nitrogens with one attached hydrogen (secondary N) is 2. The summed E-state index contributed by atoms with van der Waals surface area (Å²) in [6.07, 6.45) is 1.07. The number of amides is 1. The SMILES string of the molecule is O=C(NC1CN2C=Nc3c(F)cccc3C2=N1)c1nc2ccccc2[nH]1. The van der Waals surface area contributed by atoms with Crippen LogP contribution in [-0.2, 0) is 0 Å². The van der Waals surface area contributed by atoms with E-state index in [1.165, 1.54) is 12.4 Å². The molecule has 0 aliphatic carbocycles. The van der Waals surface area contributed by atoms with Gasteiger partial charge in [-0.2, -0.15) is 0 Å². The van der Waals surface area contributed by atoms with Crippen LogP contribution in [-0.4, -0.2) is 45.7 Å². The lowest BCUT2D eigenvalue weighted by molar-refractivity contribution is 0.0929. The van der Waals surface area contributed by atoms with Crippen LogP contribution in [0.1, 0.15) is 16.2 Å². The van der Waals surface area contributed by atoms with E-state index < -0.39 is 12.0 Å². The van der Waals surface area contributed by atoms with Crippen molar-refractivity contribution in [3.05, 3.63) is 59.7 Å². The Bertz CT molecular complexity index is 1070. The highest BCUT2D eigenvalue weighted by molar-refractivity contribution is 6.11. The normalized spacial score (nSPS) is 17.8. The molecule has 0 spiro atoms. The summed E-state index contributed by atoms with van der Waals surface area (Å²) >= 11 is 0. The van der Waals surface area contributed by atoms with E-state index in [4.69, 9.17) is 0 Å². The molecule has 2 aromatic carbocycles. The van der Waals surface area contributed by atoms with E-state index in [-0.39, 0.29) is 17.4 Å². The average Bonchev–Trinajstić information content (AvgIpc) is 3.25. The molecule has 2 aliphatic rings. The van der Waals surface area contributed by atoms with Gasteiger partial charge in [0.15, 0.2) is 5.82 Å². The molecule has 1 unspecified atom stereocenters. The second-order valence-corrected chi connectivity index (χ2v) is 6.08. The minimum Gasteiger partial charge on any atom is -0.334 e. The van der Waals surface area contributed by atoms with Crippen LogP contribution in [0.2, 0.25) is 0 Å². The zero-order valence-electron chi connectivity index (χ0n) is 13.5. The van der Waals surface area contributed by atoms with Gasteiger partial charge in [-0.1, -0.05) is 18.2 Å². The molecule has 0 saturated carbocycles. The van der Waals surface area contributed by atoms with Gasteiger partial charge in [-0.25, -0.2) is 19.4 Å². The Morgan fingerprint density at radius 3 is 3.00 bits per heavy atom. The first-order valence-electron chi connectivity index (χ1n) is 8.12. The fourth-order valence-electron chi connectivity index (χ4n) is 3.17. The van der Waals surface area contributed by atoms with Gasteiger partial charge in [-0.05, 0) is 24.3 Å². The van der Waals surface area contributed by atoms with Gasteiger partial charge < -0.3 is 15.2 Å². The first-order valence-corrected chi connectivity index (χ1v) is 8.12. The lowest BCUT2D eigenvalue weighted by atomic mass is 10.1. The van der Waals surface area contributed by atoms with Crippen molar-refractivity contribution >= 4 is 34.8 Å². The predicted octanol–water partition coefficient (Wildman–Crippen LogP) is 2.19. The lowest BCUT2D eigenvalue weighted by Crippen LogP contribution is -2.38. The fraction of sp³-hybridized carbons (Fsp3) is 0.111. The molecule has 0 bridgehead atoms. The molecule has 7 nitrogen and oxygen atoms in total. The van der Waals surface area contributed by atoms with E-state index in [0.29, 0.717) is 17.9 Å². The molecule has 1 amide bonds. The van der Waals surface area contributed by atoms with Gasteiger partial charge in [0, 0.05) is 5.56 Å². The molecule has 0 radical (unpaired) electrons. The monoisotopic (exact) mass is 348 g/mol. The highest BCUT2D eigenvalue weighted by Crippen LogP contribution is 2.29. The maximum Gasteiger partial charge on any atom is 0.288 e. The van der Waals surface area contributed by atoms with Crippen LogP contribution in [0.3, 0.4) is 0 Å². The number of H-pyrrole nitrogens is 1. The van der Waals surface area contributed by atoms with E-state index in [1.54, 1.807) is 17.0 Å². The fourth-order valence-corrected chi connectivity index (χ4v) is 3.17. The van der Waals surface area contributed by atoms with Crippen LogP contribution in [0.15, 0.2) is 52.4 Å². The molecule has 1 atom stereocenters. The molecule has 128 valence electrons. The minimum absolute atomic E-state index is 0.233. The maximum absolute atomic E-state index is 13.9. The molecule has 3 heterocycles. The second kappa shape index (κ2) is 5.48. The van der Waals surface area contributed by atoms with Crippen LogP contribution in [0.25, 0.3) is 11.0 Å². The number of benzene rings is 2. The van der Waals surface area contributed by atoms with E-state index in [9.17, 15) is 9.18 Å². The topological polar surface area (TPSA) is 85.7 Å². The van der Waals surface area contributed by atoms with Gasteiger partial charge in [0.05, 0.1) is 23.9 Å². The number of para-hydroxylation sites is 3. The van der Waals surface area contributed by atoms with Gasteiger partial charge in [0.25, 0.3) is 5.91 Å². The molecule has 26 heavy (non-hydrogen) atoms. The largest absolute Gasteiger partial charge is 0.334 e. The summed E-state index contributed by atoms with van der Waals surface area (Å²) in [6.45, 7) is 0.431. The number of hydrogen-bond donors (Lipinski definition) is 2. The van der Waals surface area contributed by atoms with Gasteiger partial charge in [0.2, 0.25) is 0 Å². The van der Waals surface area contributed by atoms with Crippen LogP contribution < -0.4 is 5.32 Å². The molecule has 2 aliphatic heterocycles. The molecule has 0 saturated heterocycles.